The Kier molecular flexibility index (Phi) is 6.24. The second kappa shape index (κ2) is 8.81. The second-order valence-corrected chi connectivity index (χ2v) is 7.01. The number of aryl methyl sites for hydroxylation is 1. The molecule has 5 nitrogen and oxygen atoms in total. The third-order valence-electron chi connectivity index (χ3n) is 4.06. The first-order valence-corrected chi connectivity index (χ1v) is 9.62. The molecule has 0 bridgehead atoms. The molecule has 1 atom stereocenters. The van der Waals surface area contributed by atoms with Gasteiger partial charge in [0.25, 0.3) is 11.1 Å². The zero-order valence-electron chi connectivity index (χ0n) is 15.1. The number of rotatable bonds is 7. The lowest BCUT2D eigenvalue weighted by atomic mass is 10.0. The summed E-state index contributed by atoms with van der Waals surface area (Å²) in [6.07, 6.45) is 0.789. The van der Waals surface area contributed by atoms with Crippen LogP contribution in [0.5, 0.6) is 0 Å². The number of hydrogen-bond acceptors (Lipinski definition) is 5. The molecule has 0 aliphatic heterocycles. The summed E-state index contributed by atoms with van der Waals surface area (Å²) in [6.45, 7) is 4.05. The van der Waals surface area contributed by atoms with E-state index >= 15 is 0 Å². The predicted molar refractivity (Wildman–Crippen MR) is 103 cm³/mol. The SMILES string of the molecule is CC[C@H](NC(=O)CSc1nnc(-c2ccccc2F)o1)c1ccc(C)cc1. The molecule has 27 heavy (non-hydrogen) atoms. The summed E-state index contributed by atoms with van der Waals surface area (Å²) >= 11 is 1.13. The molecule has 1 amide bonds. The van der Waals surface area contributed by atoms with Gasteiger partial charge in [-0.15, -0.1) is 10.2 Å². The fraction of sp³-hybridized carbons (Fsp3) is 0.250. The van der Waals surface area contributed by atoms with Gasteiger partial charge in [0.2, 0.25) is 5.91 Å². The van der Waals surface area contributed by atoms with Gasteiger partial charge in [-0.05, 0) is 31.0 Å². The van der Waals surface area contributed by atoms with Crippen LogP contribution in [-0.2, 0) is 4.79 Å². The van der Waals surface area contributed by atoms with Crippen molar-refractivity contribution in [3.8, 4) is 11.5 Å². The Morgan fingerprint density at radius 2 is 1.93 bits per heavy atom. The van der Waals surface area contributed by atoms with Crippen molar-refractivity contribution < 1.29 is 13.6 Å². The van der Waals surface area contributed by atoms with Crippen molar-refractivity contribution in [3.63, 3.8) is 0 Å². The molecular formula is C20H20FN3O2S. The van der Waals surface area contributed by atoms with Crippen molar-refractivity contribution >= 4 is 17.7 Å². The molecule has 0 spiro atoms. The van der Waals surface area contributed by atoms with Gasteiger partial charge in [0.15, 0.2) is 0 Å². The average Bonchev–Trinajstić information content (AvgIpc) is 3.14. The van der Waals surface area contributed by atoms with Crippen molar-refractivity contribution in [1.82, 2.24) is 15.5 Å². The van der Waals surface area contributed by atoms with E-state index in [1.165, 1.54) is 11.6 Å². The molecule has 3 rings (SSSR count). The van der Waals surface area contributed by atoms with Gasteiger partial charge >= 0.3 is 0 Å². The monoisotopic (exact) mass is 385 g/mol. The first-order valence-electron chi connectivity index (χ1n) is 8.64. The van der Waals surface area contributed by atoms with Gasteiger partial charge in [0.05, 0.1) is 17.4 Å². The highest BCUT2D eigenvalue weighted by Gasteiger charge is 2.16. The molecule has 2 aromatic carbocycles. The Morgan fingerprint density at radius 3 is 2.63 bits per heavy atom. The number of amides is 1. The topological polar surface area (TPSA) is 68.0 Å². The molecule has 0 saturated heterocycles. The van der Waals surface area contributed by atoms with Crippen LogP contribution in [0.25, 0.3) is 11.5 Å². The summed E-state index contributed by atoms with van der Waals surface area (Å²) in [5.41, 5.74) is 2.49. The fourth-order valence-electron chi connectivity index (χ4n) is 2.59. The number of thioether (sulfide) groups is 1. The van der Waals surface area contributed by atoms with Crippen molar-refractivity contribution in [2.45, 2.75) is 31.5 Å². The number of aromatic nitrogens is 2. The molecule has 140 valence electrons. The number of carbonyl (C=O) groups is 1. The second-order valence-electron chi connectivity index (χ2n) is 6.08. The van der Waals surface area contributed by atoms with E-state index in [-0.39, 0.29) is 34.4 Å². The van der Waals surface area contributed by atoms with Crippen LogP contribution in [0.15, 0.2) is 58.2 Å². The van der Waals surface area contributed by atoms with Crippen LogP contribution in [0.1, 0.15) is 30.5 Å². The molecule has 1 N–H and O–H groups in total. The quantitative estimate of drug-likeness (QED) is 0.605. The maximum atomic E-state index is 13.8. The largest absolute Gasteiger partial charge is 0.411 e. The first kappa shape index (κ1) is 19.1. The van der Waals surface area contributed by atoms with E-state index < -0.39 is 5.82 Å². The minimum atomic E-state index is -0.431. The van der Waals surface area contributed by atoms with Crippen molar-refractivity contribution in [1.29, 1.82) is 0 Å². The van der Waals surface area contributed by atoms with Gasteiger partial charge in [0, 0.05) is 0 Å². The highest BCUT2D eigenvalue weighted by atomic mass is 32.2. The average molecular weight is 385 g/mol. The number of nitrogens with zero attached hydrogens (tertiary/aromatic N) is 2. The van der Waals surface area contributed by atoms with Gasteiger partial charge in [-0.3, -0.25) is 4.79 Å². The van der Waals surface area contributed by atoms with Gasteiger partial charge in [-0.2, -0.15) is 0 Å². The Bertz CT molecular complexity index is 912. The van der Waals surface area contributed by atoms with E-state index in [4.69, 9.17) is 4.42 Å². The van der Waals surface area contributed by atoms with Crippen LogP contribution in [0.3, 0.4) is 0 Å². The van der Waals surface area contributed by atoms with E-state index in [1.807, 2.05) is 38.1 Å². The molecule has 0 radical (unpaired) electrons. The summed E-state index contributed by atoms with van der Waals surface area (Å²) < 4.78 is 19.2. The predicted octanol–water partition coefficient (Wildman–Crippen LogP) is 4.54. The van der Waals surface area contributed by atoms with Crippen LogP contribution in [0.2, 0.25) is 0 Å². The van der Waals surface area contributed by atoms with E-state index in [0.717, 1.165) is 23.7 Å². The first-order chi connectivity index (χ1) is 13.1. The summed E-state index contributed by atoms with van der Waals surface area (Å²) in [6, 6.07) is 14.2. The van der Waals surface area contributed by atoms with Crippen molar-refractivity contribution in [2.24, 2.45) is 0 Å². The zero-order valence-corrected chi connectivity index (χ0v) is 15.9. The van der Waals surface area contributed by atoms with Crippen LogP contribution in [0, 0.1) is 12.7 Å². The Morgan fingerprint density at radius 1 is 1.19 bits per heavy atom. The number of hydrogen-bond donors (Lipinski definition) is 1. The van der Waals surface area contributed by atoms with Gasteiger partial charge < -0.3 is 9.73 Å². The lowest BCUT2D eigenvalue weighted by Gasteiger charge is -2.17. The van der Waals surface area contributed by atoms with E-state index in [0.29, 0.717) is 0 Å². The molecule has 1 aromatic heterocycles. The standard InChI is InChI=1S/C20H20FN3O2S/c1-3-17(14-10-8-13(2)9-11-14)22-18(25)12-27-20-24-23-19(26-20)15-6-4-5-7-16(15)21/h4-11,17H,3,12H2,1-2H3,(H,22,25)/t17-/m0/s1. The maximum Gasteiger partial charge on any atom is 0.277 e. The van der Waals surface area contributed by atoms with Crippen LogP contribution >= 0.6 is 11.8 Å². The smallest absolute Gasteiger partial charge is 0.277 e. The summed E-state index contributed by atoms with van der Waals surface area (Å²) in [5.74, 6) is -0.319. The molecule has 0 aliphatic carbocycles. The Balaban J connectivity index is 1.57. The van der Waals surface area contributed by atoms with Crippen LogP contribution in [0.4, 0.5) is 4.39 Å². The van der Waals surface area contributed by atoms with Crippen molar-refractivity contribution in [2.75, 3.05) is 5.75 Å². The van der Waals surface area contributed by atoms with E-state index in [9.17, 15) is 9.18 Å². The molecule has 0 saturated carbocycles. The molecule has 0 fully saturated rings. The summed E-state index contributed by atoms with van der Waals surface area (Å²) in [5, 5.41) is 11.0. The molecular weight excluding hydrogens is 365 g/mol. The van der Waals surface area contributed by atoms with Crippen LogP contribution < -0.4 is 5.32 Å². The lowest BCUT2D eigenvalue weighted by Crippen LogP contribution is -2.29. The third kappa shape index (κ3) is 4.95. The molecule has 7 heteroatoms. The van der Waals surface area contributed by atoms with Crippen LogP contribution in [-0.4, -0.2) is 21.9 Å². The fourth-order valence-corrected chi connectivity index (χ4v) is 3.17. The molecule has 1 heterocycles. The third-order valence-corrected chi connectivity index (χ3v) is 4.88. The van der Waals surface area contributed by atoms with Gasteiger partial charge in [-0.25, -0.2) is 4.39 Å². The van der Waals surface area contributed by atoms with Crippen molar-refractivity contribution in [3.05, 3.63) is 65.5 Å². The maximum absolute atomic E-state index is 13.8. The number of benzene rings is 2. The minimum Gasteiger partial charge on any atom is -0.411 e. The Hall–Kier alpha value is -2.67. The minimum absolute atomic E-state index is 0.0460. The molecule has 0 aliphatic rings. The molecule has 3 aromatic rings. The zero-order chi connectivity index (χ0) is 19.2. The Labute approximate surface area is 161 Å². The number of nitrogens with one attached hydrogen (secondary N) is 1. The van der Waals surface area contributed by atoms with E-state index in [2.05, 4.69) is 15.5 Å². The normalized spacial score (nSPS) is 12.0. The molecule has 0 unspecified atom stereocenters. The highest BCUT2D eigenvalue weighted by molar-refractivity contribution is 7.99. The lowest BCUT2D eigenvalue weighted by molar-refractivity contribution is -0.119. The highest BCUT2D eigenvalue weighted by Crippen LogP contribution is 2.25. The van der Waals surface area contributed by atoms with E-state index in [1.54, 1.807) is 18.2 Å². The van der Waals surface area contributed by atoms with Gasteiger partial charge in [-0.1, -0.05) is 60.6 Å². The van der Waals surface area contributed by atoms with Gasteiger partial charge in [0.1, 0.15) is 5.82 Å². The number of halogens is 1. The summed E-state index contributed by atoms with van der Waals surface area (Å²) in [7, 11) is 0. The number of carbonyl (C=O) groups excluding carboxylic acids is 1. The summed E-state index contributed by atoms with van der Waals surface area (Å²) in [4.78, 5) is 12.3.